The molecule has 7 heteroatoms. The first-order valence-electron chi connectivity index (χ1n) is 7.22. The van der Waals surface area contributed by atoms with Crippen LogP contribution < -0.4 is 0 Å². The Morgan fingerprint density at radius 1 is 1.19 bits per heavy atom. The Bertz CT molecular complexity index is 582. The van der Waals surface area contributed by atoms with Crippen molar-refractivity contribution in [3.63, 3.8) is 0 Å². The highest BCUT2D eigenvalue weighted by molar-refractivity contribution is 7.99. The van der Waals surface area contributed by atoms with Crippen LogP contribution in [0, 0.1) is 5.82 Å². The van der Waals surface area contributed by atoms with Crippen LogP contribution in [0.15, 0.2) is 29.4 Å². The van der Waals surface area contributed by atoms with Crippen LogP contribution in [0.1, 0.15) is 19.3 Å². The molecule has 1 aliphatic heterocycles. The number of nitrogens with zero attached hydrogens (tertiary/aromatic N) is 5. The summed E-state index contributed by atoms with van der Waals surface area (Å²) in [6.45, 7) is 3.42. The van der Waals surface area contributed by atoms with Crippen LogP contribution in [0.4, 0.5) is 4.39 Å². The fraction of sp³-hybridized carbons (Fsp3) is 0.500. The number of tetrazole rings is 1. The topological polar surface area (TPSA) is 46.8 Å². The van der Waals surface area contributed by atoms with Gasteiger partial charge in [-0.25, -0.2) is 4.39 Å². The summed E-state index contributed by atoms with van der Waals surface area (Å²) in [6, 6.07) is 6.31. The van der Waals surface area contributed by atoms with Gasteiger partial charge in [-0.1, -0.05) is 24.2 Å². The Morgan fingerprint density at radius 3 is 2.86 bits per heavy atom. The van der Waals surface area contributed by atoms with Gasteiger partial charge < -0.3 is 4.90 Å². The Morgan fingerprint density at radius 2 is 2.05 bits per heavy atom. The van der Waals surface area contributed by atoms with Crippen molar-refractivity contribution in [2.75, 3.05) is 25.4 Å². The number of rotatable bonds is 5. The van der Waals surface area contributed by atoms with E-state index < -0.39 is 0 Å². The molecular formula is C14H18FN5S. The molecule has 0 spiro atoms. The maximum atomic E-state index is 13.3. The summed E-state index contributed by atoms with van der Waals surface area (Å²) in [5.41, 5.74) is 0.653. The van der Waals surface area contributed by atoms with Gasteiger partial charge in [0.05, 0.1) is 5.69 Å². The highest BCUT2D eigenvalue weighted by atomic mass is 32.2. The summed E-state index contributed by atoms with van der Waals surface area (Å²) >= 11 is 1.61. The molecule has 0 N–H and O–H groups in total. The van der Waals surface area contributed by atoms with Crippen molar-refractivity contribution >= 4 is 11.8 Å². The van der Waals surface area contributed by atoms with Crippen molar-refractivity contribution < 1.29 is 4.39 Å². The van der Waals surface area contributed by atoms with E-state index in [4.69, 9.17) is 0 Å². The second kappa shape index (κ2) is 7.00. The van der Waals surface area contributed by atoms with Gasteiger partial charge in [-0.3, -0.25) is 0 Å². The van der Waals surface area contributed by atoms with E-state index in [0.29, 0.717) is 10.8 Å². The lowest BCUT2D eigenvalue weighted by molar-refractivity contribution is 0.242. The zero-order chi connectivity index (χ0) is 14.5. The van der Waals surface area contributed by atoms with Crippen LogP contribution in [0.5, 0.6) is 0 Å². The molecule has 1 aliphatic rings. The zero-order valence-electron chi connectivity index (χ0n) is 11.8. The van der Waals surface area contributed by atoms with E-state index in [2.05, 4.69) is 20.4 Å². The SMILES string of the molecule is Fc1cccc(-n2nnnc2SCCN2CCCCC2)c1. The van der Waals surface area contributed by atoms with Crippen molar-refractivity contribution in [3.05, 3.63) is 30.1 Å². The monoisotopic (exact) mass is 307 g/mol. The highest BCUT2D eigenvalue weighted by Gasteiger charge is 2.12. The van der Waals surface area contributed by atoms with Crippen LogP contribution in [0.3, 0.4) is 0 Å². The summed E-state index contributed by atoms with van der Waals surface area (Å²) in [6.07, 6.45) is 3.94. The quantitative estimate of drug-likeness (QED) is 0.794. The lowest BCUT2D eigenvalue weighted by Crippen LogP contribution is -2.31. The third kappa shape index (κ3) is 3.79. The summed E-state index contributed by atoms with van der Waals surface area (Å²) < 4.78 is 14.9. The summed E-state index contributed by atoms with van der Waals surface area (Å²) in [5.74, 6) is 0.655. The average molecular weight is 307 g/mol. The van der Waals surface area contributed by atoms with Gasteiger partial charge >= 0.3 is 0 Å². The van der Waals surface area contributed by atoms with Gasteiger partial charge in [-0.05, 0) is 54.6 Å². The van der Waals surface area contributed by atoms with Crippen LogP contribution in [0.25, 0.3) is 5.69 Å². The minimum Gasteiger partial charge on any atom is -0.303 e. The summed E-state index contributed by atoms with van der Waals surface area (Å²) in [4.78, 5) is 2.48. The van der Waals surface area contributed by atoms with E-state index in [9.17, 15) is 4.39 Å². The van der Waals surface area contributed by atoms with Crippen LogP contribution in [-0.4, -0.2) is 50.5 Å². The Labute approximate surface area is 127 Å². The molecule has 1 aromatic heterocycles. The molecule has 0 amide bonds. The molecule has 1 aromatic carbocycles. The van der Waals surface area contributed by atoms with E-state index in [0.717, 1.165) is 12.3 Å². The van der Waals surface area contributed by atoms with E-state index in [-0.39, 0.29) is 5.82 Å². The molecule has 2 aromatic rings. The number of likely N-dealkylation sites (tertiary alicyclic amines) is 1. The molecule has 5 nitrogen and oxygen atoms in total. The minimum absolute atomic E-state index is 0.285. The van der Waals surface area contributed by atoms with E-state index in [1.807, 2.05) is 0 Å². The normalized spacial score (nSPS) is 16.2. The maximum absolute atomic E-state index is 13.3. The molecule has 0 radical (unpaired) electrons. The van der Waals surface area contributed by atoms with Crippen molar-refractivity contribution in [2.45, 2.75) is 24.4 Å². The average Bonchev–Trinajstić information content (AvgIpc) is 2.97. The molecule has 21 heavy (non-hydrogen) atoms. The predicted molar refractivity (Wildman–Crippen MR) is 80.1 cm³/mol. The van der Waals surface area contributed by atoms with E-state index in [1.165, 1.54) is 44.5 Å². The number of benzene rings is 1. The maximum Gasteiger partial charge on any atom is 0.214 e. The third-order valence-electron chi connectivity index (χ3n) is 3.58. The van der Waals surface area contributed by atoms with Gasteiger partial charge in [-0.2, -0.15) is 4.68 Å². The van der Waals surface area contributed by atoms with Gasteiger partial charge in [0.15, 0.2) is 0 Å². The fourth-order valence-corrected chi connectivity index (χ4v) is 3.38. The smallest absolute Gasteiger partial charge is 0.214 e. The largest absolute Gasteiger partial charge is 0.303 e. The van der Waals surface area contributed by atoms with E-state index >= 15 is 0 Å². The van der Waals surface area contributed by atoms with Gasteiger partial charge in [0.25, 0.3) is 0 Å². The summed E-state index contributed by atoms with van der Waals surface area (Å²) in [7, 11) is 0. The Kier molecular flexibility index (Phi) is 4.82. The van der Waals surface area contributed by atoms with Crippen molar-refractivity contribution in [1.82, 2.24) is 25.1 Å². The number of halogens is 1. The molecule has 1 saturated heterocycles. The van der Waals surface area contributed by atoms with E-state index in [1.54, 1.807) is 28.6 Å². The number of piperidine rings is 1. The van der Waals surface area contributed by atoms with Crippen molar-refractivity contribution in [1.29, 1.82) is 0 Å². The highest BCUT2D eigenvalue weighted by Crippen LogP contribution is 2.19. The van der Waals surface area contributed by atoms with Crippen LogP contribution in [0.2, 0.25) is 0 Å². The Balaban J connectivity index is 1.60. The van der Waals surface area contributed by atoms with Crippen LogP contribution in [-0.2, 0) is 0 Å². The molecule has 2 heterocycles. The third-order valence-corrected chi connectivity index (χ3v) is 4.48. The molecule has 0 saturated carbocycles. The van der Waals surface area contributed by atoms with Gasteiger partial charge in [0, 0.05) is 12.3 Å². The van der Waals surface area contributed by atoms with Crippen LogP contribution >= 0.6 is 11.8 Å². The molecule has 0 bridgehead atoms. The molecule has 3 rings (SSSR count). The van der Waals surface area contributed by atoms with Crippen molar-refractivity contribution in [2.24, 2.45) is 0 Å². The first kappa shape index (κ1) is 14.5. The first-order chi connectivity index (χ1) is 10.3. The van der Waals surface area contributed by atoms with Crippen molar-refractivity contribution in [3.8, 4) is 5.69 Å². The Hall–Kier alpha value is -1.47. The standard InChI is InChI=1S/C14H18FN5S/c15-12-5-4-6-13(11-12)20-14(16-17-18-20)21-10-9-19-7-2-1-3-8-19/h4-6,11H,1-3,7-10H2. The summed E-state index contributed by atoms with van der Waals surface area (Å²) in [5, 5.41) is 12.4. The zero-order valence-corrected chi connectivity index (χ0v) is 12.6. The molecule has 0 aliphatic carbocycles. The molecular weight excluding hydrogens is 289 g/mol. The van der Waals surface area contributed by atoms with Gasteiger partial charge in [0.1, 0.15) is 5.82 Å². The number of hydrogen-bond donors (Lipinski definition) is 0. The number of thioether (sulfide) groups is 1. The lowest BCUT2D eigenvalue weighted by Gasteiger charge is -2.25. The molecule has 0 unspecified atom stereocenters. The second-order valence-electron chi connectivity index (χ2n) is 5.10. The predicted octanol–water partition coefficient (Wildman–Crippen LogP) is 2.38. The minimum atomic E-state index is -0.285. The van der Waals surface area contributed by atoms with Gasteiger partial charge in [0.2, 0.25) is 5.16 Å². The first-order valence-corrected chi connectivity index (χ1v) is 8.21. The van der Waals surface area contributed by atoms with Gasteiger partial charge in [-0.15, -0.1) is 5.10 Å². The fourth-order valence-electron chi connectivity index (χ4n) is 2.49. The molecule has 0 atom stereocenters. The number of hydrogen-bond acceptors (Lipinski definition) is 5. The number of aromatic nitrogens is 4. The molecule has 1 fully saturated rings. The lowest BCUT2D eigenvalue weighted by atomic mass is 10.1. The molecule has 112 valence electrons. The second-order valence-corrected chi connectivity index (χ2v) is 6.17.